The lowest BCUT2D eigenvalue weighted by Gasteiger charge is -2.08. The number of amides is 2. The van der Waals surface area contributed by atoms with E-state index >= 15 is 0 Å². The van der Waals surface area contributed by atoms with E-state index < -0.39 is 0 Å². The van der Waals surface area contributed by atoms with Gasteiger partial charge >= 0.3 is 0 Å². The van der Waals surface area contributed by atoms with Crippen molar-refractivity contribution in [3.05, 3.63) is 69.1 Å². The zero-order valence-corrected chi connectivity index (χ0v) is 18.5. The predicted molar refractivity (Wildman–Crippen MR) is 121 cm³/mol. The lowest BCUT2D eigenvalue weighted by atomic mass is 10.2. The molecule has 29 heavy (non-hydrogen) atoms. The van der Waals surface area contributed by atoms with Gasteiger partial charge in [-0.3, -0.25) is 9.59 Å². The third-order valence-electron chi connectivity index (χ3n) is 3.80. The summed E-state index contributed by atoms with van der Waals surface area (Å²) >= 11 is 14.5. The molecule has 0 saturated heterocycles. The molecule has 3 rings (SSSR count). The highest BCUT2D eigenvalue weighted by molar-refractivity contribution is 8.01. The average Bonchev–Trinajstić information content (AvgIpc) is 3.12. The van der Waals surface area contributed by atoms with Crippen LogP contribution in [0.25, 0.3) is 0 Å². The van der Waals surface area contributed by atoms with Crippen molar-refractivity contribution in [2.45, 2.75) is 17.7 Å². The summed E-state index contributed by atoms with van der Waals surface area (Å²) in [5.41, 5.74) is 2.97. The number of carbonyl (C=O) groups excluding carboxylic acids is 2. The molecule has 3 aromatic rings. The summed E-state index contributed by atoms with van der Waals surface area (Å²) in [6.07, 6.45) is 0.153. The molecule has 9 heteroatoms. The maximum Gasteiger partial charge on any atom is 0.234 e. The maximum absolute atomic E-state index is 12.3. The second kappa shape index (κ2) is 10.1. The Bertz CT molecular complexity index is 1020. The zero-order valence-electron chi connectivity index (χ0n) is 15.4. The molecule has 1 aromatic heterocycles. The van der Waals surface area contributed by atoms with E-state index in [1.54, 1.807) is 36.4 Å². The smallest absolute Gasteiger partial charge is 0.234 e. The number of thioether (sulfide) groups is 1. The minimum absolute atomic E-state index is 0.136. The van der Waals surface area contributed by atoms with Gasteiger partial charge in [0, 0.05) is 26.8 Å². The summed E-state index contributed by atoms with van der Waals surface area (Å²) in [6.45, 7) is 1.90. The Balaban J connectivity index is 1.48. The van der Waals surface area contributed by atoms with Gasteiger partial charge in [0.1, 0.15) is 0 Å². The van der Waals surface area contributed by atoms with Crippen LogP contribution in [0.1, 0.15) is 11.3 Å². The number of carbonyl (C=O) groups is 2. The molecule has 1 heterocycles. The number of nitrogens with zero attached hydrogens (tertiary/aromatic N) is 1. The molecule has 0 saturated carbocycles. The molecule has 0 fully saturated rings. The van der Waals surface area contributed by atoms with Crippen LogP contribution in [0.2, 0.25) is 10.0 Å². The Hall–Kier alpha value is -2.06. The summed E-state index contributed by atoms with van der Waals surface area (Å²) < 4.78 is 0.734. The van der Waals surface area contributed by atoms with E-state index in [9.17, 15) is 9.59 Å². The van der Waals surface area contributed by atoms with Gasteiger partial charge in [-0.2, -0.15) is 0 Å². The van der Waals surface area contributed by atoms with Crippen molar-refractivity contribution < 1.29 is 9.59 Å². The van der Waals surface area contributed by atoms with E-state index in [4.69, 9.17) is 23.2 Å². The first kappa shape index (κ1) is 21.6. The van der Waals surface area contributed by atoms with Crippen molar-refractivity contribution in [2.24, 2.45) is 0 Å². The third-order valence-corrected chi connectivity index (χ3v) is 6.36. The van der Waals surface area contributed by atoms with Crippen molar-refractivity contribution in [2.75, 3.05) is 16.4 Å². The van der Waals surface area contributed by atoms with E-state index in [0.717, 1.165) is 9.90 Å². The van der Waals surface area contributed by atoms with E-state index in [-0.39, 0.29) is 24.0 Å². The molecule has 0 aliphatic rings. The second-order valence-corrected chi connectivity index (χ2v) is 9.09. The summed E-state index contributed by atoms with van der Waals surface area (Å²) in [6, 6.07) is 12.3. The van der Waals surface area contributed by atoms with Crippen molar-refractivity contribution in [3.63, 3.8) is 0 Å². The standard InChI is InChI=1S/C20H17Cl2N3O2S2/c1-12-2-3-14(22)8-17(12)25-18(26)9-16-10-28-20(24-16)29-11-19(27)23-15-6-4-13(21)5-7-15/h2-8,10H,9,11H2,1H3,(H,23,27)(H,25,26). The first-order chi connectivity index (χ1) is 13.9. The van der Waals surface area contributed by atoms with Gasteiger partial charge in [0.2, 0.25) is 11.8 Å². The minimum atomic E-state index is -0.169. The normalized spacial score (nSPS) is 10.6. The molecule has 5 nitrogen and oxygen atoms in total. The first-order valence-corrected chi connectivity index (χ1v) is 11.2. The van der Waals surface area contributed by atoms with Crippen LogP contribution >= 0.6 is 46.3 Å². The van der Waals surface area contributed by atoms with Crippen LogP contribution in [0.15, 0.2) is 52.2 Å². The quantitative estimate of drug-likeness (QED) is 0.440. The largest absolute Gasteiger partial charge is 0.325 e. The monoisotopic (exact) mass is 465 g/mol. The lowest BCUT2D eigenvalue weighted by Crippen LogP contribution is -2.15. The van der Waals surface area contributed by atoms with Gasteiger partial charge in [-0.05, 0) is 48.9 Å². The third kappa shape index (κ3) is 6.75. The Morgan fingerprint density at radius 2 is 1.76 bits per heavy atom. The molecule has 0 atom stereocenters. The Kier molecular flexibility index (Phi) is 7.55. The Morgan fingerprint density at radius 3 is 2.52 bits per heavy atom. The fourth-order valence-electron chi connectivity index (χ4n) is 2.38. The van der Waals surface area contributed by atoms with Gasteiger partial charge in [-0.1, -0.05) is 41.0 Å². The van der Waals surface area contributed by atoms with Crippen molar-refractivity contribution in [1.82, 2.24) is 4.98 Å². The van der Waals surface area contributed by atoms with E-state index in [2.05, 4.69) is 15.6 Å². The van der Waals surface area contributed by atoms with Gasteiger partial charge in [-0.25, -0.2) is 4.98 Å². The van der Waals surface area contributed by atoms with Gasteiger partial charge in [0.15, 0.2) is 4.34 Å². The molecule has 0 aliphatic heterocycles. The van der Waals surface area contributed by atoms with Crippen LogP contribution in [-0.4, -0.2) is 22.6 Å². The van der Waals surface area contributed by atoms with Crippen molar-refractivity contribution in [1.29, 1.82) is 0 Å². The summed E-state index contributed by atoms with van der Waals surface area (Å²) in [4.78, 5) is 28.8. The lowest BCUT2D eigenvalue weighted by molar-refractivity contribution is -0.116. The number of aryl methyl sites for hydroxylation is 1. The molecule has 0 unspecified atom stereocenters. The molecule has 2 amide bonds. The number of aromatic nitrogens is 1. The van der Waals surface area contributed by atoms with Crippen LogP contribution < -0.4 is 10.6 Å². The summed E-state index contributed by atoms with van der Waals surface area (Å²) in [7, 11) is 0. The van der Waals surface area contributed by atoms with Gasteiger partial charge < -0.3 is 10.6 Å². The molecule has 0 aliphatic carbocycles. The number of hydrogen-bond acceptors (Lipinski definition) is 5. The molecule has 0 radical (unpaired) electrons. The van der Waals surface area contributed by atoms with E-state index in [1.165, 1.54) is 23.1 Å². The minimum Gasteiger partial charge on any atom is -0.325 e. The predicted octanol–water partition coefficient (Wildman–Crippen LogP) is 5.67. The van der Waals surface area contributed by atoms with Crippen molar-refractivity contribution >= 4 is 69.5 Å². The highest BCUT2D eigenvalue weighted by atomic mass is 35.5. The maximum atomic E-state index is 12.3. The number of hydrogen-bond donors (Lipinski definition) is 2. The Morgan fingerprint density at radius 1 is 1.03 bits per heavy atom. The molecule has 0 bridgehead atoms. The zero-order chi connectivity index (χ0) is 20.8. The number of thiazole rings is 1. The molecule has 150 valence electrons. The highest BCUT2D eigenvalue weighted by Crippen LogP contribution is 2.24. The molecular weight excluding hydrogens is 449 g/mol. The number of halogens is 2. The first-order valence-electron chi connectivity index (χ1n) is 8.57. The van der Waals surface area contributed by atoms with Crippen LogP contribution in [0.3, 0.4) is 0 Å². The average molecular weight is 466 g/mol. The van der Waals surface area contributed by atoms with Gasteiger partial charge in [-0.15, -0.1) is 11.3 Å². The van der Waals surface area contributed by atoms with Gasteiger partial charge in [0.05, 0.1) is 17.9 Å². The molecule has 0 spiro atoms. The van der Waals surface area contributed by atoms with Crippen LogP contribution in [0, 0.1) is 6.92 Å². The number of anilines is 2. The van der Waals surface area contributed by atoms with E-state index in [0.29, 0.717) is 27.1 Å². The fourth-order valence-corrected chi connectivity index (χ4v) is 4.32. The highest BCUT2D eigenvalue weighted by Gasteiger charge is 2.11. The molecule has 2 N–H and O–H groups in total. The van der Waals surface area contributed by atoms with Crippen LogP contribution in [0.4, 0.5) is 11.4 Å². The van der Waals surface area contributed by atoms with E-state index in [1.807, 2.05) is 18.4 Å². The summed E-state index contributed by atoms with van der Waals surface area (Å²) in [5, 5.41) is 8.65. The van der Waals surface area contributed by atoms with Crippen molar-refractivity contribution in [3.8, 4) is 0 Å². The van der Waals surface area contributed by atoms with Gasteiger partial charge in [0.25, 0.3) is 0 Å². The fraction of sp³-hybridized carbons (Fsp3) is 0.150. The summed E-state index contributed by atoms with van der Waals surface area (Å²) in [5.74, 6) is -0.0790. The topological polar surface area (TPSA) is 71.1 Å². The number of nitrogens with one attached hydrogen (secondary N) is 2. The van der Waals surface area contributed by atoms with Crippen LogP contribution in [0.5, 0.6) is 0 Å². The Labute approximate surface area is 186 Å². The number of rotatable bonds is 7. The molecule has 2 aromatic carbocycles. The number of benzene rings is 2. The second-order valence-electron chi connectivity index (χ2n) is 6.13. The SMILES string of the molecule is Cc1ccc(Cl)cc1NC(=O)Cc1csc(SCC(=O)Nc2ccc(Cl)cc2)n1. The molecular formula is C20H17Cl2N3O2S2. The van der Waals surface area contributed by atoms with Crippen LogP contribution in [-0.2, 0) is 16.0 Å².